The minimum absolute atomic E-state index is 0.0978. The van der Waals surface area contributed by atoms with Gasteiger partial charge in [0.1, 0.15) is 6.54 Å². The molecule has 1 atom stereocenters. The van der Waals surface area contributed by atoms with Gasteiger partial charge in [0.15, 0.2) is 0 Å². The van der Waals surface area contributed by atoms with Gasteiger partial charge in [0.2, 0.25) is 11.8 Å². The van der Waals surface area contributed by atoms with E-state index in [1.807, 2.05) is 0 Å². The molecular formula is C10H16N2O5. The van der Waals surface area contributed by atoms with Crippen LogP contribution >= 0.6 is 0 Å². The molecule has 7 nitrogen and oxygen atoms in total. The Bertz CT molecular complexity index is 296. The lowest BCUT2D eigenvalue weighted by atomic mass is 10.1. The Hall–Kier alpha value is -1.63. The SMILES string of the molecule is NC(=O)CN(CC(=O)O)C(=O)CC1CCCO1. The van der Waals surface area contributed by atoms with E-state index in [1.54, 1.807) is 0 Å². The highest BCUT2D eigenvalue weighted by Gasteiger charge is 2.24. The summed E-state index contributed by atoms with van der Waals surface area (Å²) in [6, 6.07) is 0. The van der Waals surface area contributed by atoms with E-state index < -0.39 is 24.3 Å². The van der Waals surface area contributed by atoms with Crippen LogP contribution in [0.25, 0.3) is 0 Å². The number of primary amides is 1. The van der Waals surface area contributed by atoms with Gasteiger partial charge in [0, 0.05) is 6.61 Å². The molecule has 1 fully saturated rings. The number of carbonyl (C=O) groups is 3. The van der Waals surface area contributed by atoms with E-state index in [1.165, 1.54) is 0 Å². The topological polar surface area (TPSA) is 110 Å². The summed E-state index contributed by atoms with van der Waals surface area (Å²) in [5, 5.41) is 8.63. The summed E-state index contributed by atoms with van der Waals surface area (Å²) in [7, 11) is 0. The number of nitrogens with two attached hydrogens (primary N) is 1. The van der Waals surface area contributed by atoms with Crippen LogP contribution in [0.5, 0.6) is 0 Å². The molecule has 0 aromatic carbocycles. The lowest BCUT2D eigenvalue weighted by Crippen LogP contribution is -2.42. The summed E-state index contributed by atoms with van der Waals surface area (Å²) in [5.74, 6) is -2.32. The highest BCUT2D eigenvalue weighted by atomic mass is 16.5. The van der Waals surface area contributed by atoms with Crippen molar-refractivity contribution in [3.05, 3.63) is 0 Å². The third-order valence-corrected chi connectivity index (χ3v) is 2.45. The maximum Gasteiger partial charge on any atom is 0.323 e. The number of hydrogen-bond acceptors (Lipinski definition) is 4. The first-order valence-electron chi connectivity index (χ1n) is 5.38. The molecule has 1 unspecified atom stereocenters. The molecule has 0 radical (unpaired) electrons. The molecule has 1 aliphatic heterocycles. The molecule has 2 amide bonds. The van der Waals surface area contributed by atoms with Crippen molar-refractivity contribution in [3.63, 3.8) is 0 Å². The van der Waals surface area contributed by atoms with Crippen LogP contribution in [0.4, 0.5) is 0 Å². The number of aliphatic carboxylic acids is 1. The number of carboxylic acid groups (broad SMARTS) is 1. The molecule has 3 N–H and O–H groups in total. The van der Waals surface area contributed by atoms with Crippen LogP contribution in [0.3, 0.4) is 0 Å². The van der Waals surface area contributed by atoms with Crippen molar-refractivity contribution in [2.75, 3.05) is 19.7 Å². The second-order valence-electron chi connectivity index (χ2n) is 3.95. The Morgan fingerprint density at radius 2 is 2.06 bits per heavy atom. The minimum Gasteiger partial charge on any atom is -0.480 e. The Labute approximate surface area is 98.5 Å². The van der Waals surface area contributed by atoms with Crippen LogP contribution in [-0.2, 0) is 19.1 Å². The van der Waals surface area contributed by atoms with Gasteiger partial charge in [0.05, 0.1) is 19.1 Å². The zero-order chi connectivity index (χ0) is 12.8. The number of rotatable bonds is 6. The monoisotopic (exact) mass is 244 g/mol. The van der Waals surface area contributed by atoms with Gasteiger partial charge in [-0.3, -0.25) is 14.4 Å². The summed E-state index contributed by atoms with van der Waals surface area (Å²) in [6.07, 6.45) is 1.60. The second kappa shape index (κ2) is 6.19. The fraction of sp³-hybridized carbons (Fsp3) is 0.700. The Morgan fingerprint density at radius 3 is 2.53 bits per heavy atom. The smallest absolute Gasteiger partial charge is 0.323 e. The predicted molar refractivity (Wildman–Crippen MR) is 57.0 cm³/mol. The van der Waals surface area contributed by atoms with Gasteiger partial charge >= 0.3 is 5.97 Å². The Kier molecular flexibility index (Phi) is 4.89. The Morgan fingerprint density at radius 1 is 1.35 bits per heavy atom. The maximum atomic E-state index is 11.7. The maximum absolute atomic E-state index is 11.7. The van der Waals surface area contributed by atoms with E-state index in [0.717, 1.165) is 17.7 Å². The molecule has 96 valence electrons. The normalized spacial score (nSPS) is 18.9. The lowest BCUT2D eigenvalue weighted by Gasteiger charge is -2.20. The molecule has 0 aliphatic carbocycles. The van der Waals surface area contributed by atoms with E-state index in [0.29, 0.717) is 6.61 Å². The number of nitrogens with zero attached hydrogens (tertiary/aromatic N) is 1. The first kappa shape index (κ1) is 13.4. The molecule has 7 heteroatoms. The van der Waals surface area contributed by atoms with Gasteiger partial charge in [-0.2, -0.15) is 0 Å². The van der Waals surface area contributed by atoms with Crippen molar-refractivity contribution in [1.29, 1.82) is 0 Å². The summed E-state index contributed by atoms with van der Waals surface area (Å²) in [5.41, 5.74) is 4.96. The molecule has 1 aliphatic rings. The average molecular weight is 244 g/mol. The molecule has 0 aromatic heterocycles. The Balaban J connectivity index is 2.51. The summed E-state index contributed by atoms with van der Waals surface area (Å²) < 4.78 is 5.27. The van der Waals surface area contributed by atoms with Crippen molar-refractivity contribution in [3.8, 4) is 0 Å². The molecular weight excluding hydrogens is 228 g/mol. The van der Waals surface area contributed by atoms with E-state index in [4.69, 9.17) is 15.6 Å². The molecule has 0 aromatic rings. The van der Waals surface area contributed by atoms with E-state index in [9.17, 15) is 14.4 Å². The predicted octanol–water partition coefficient (Wildman–Crippen LogP) is -1.05. The van der Waals surface area contributed by atoms with Crippen molar-refractivity contribution < 1.29 is 24.2 Å². The zero-order valence-corrected chi connectivity index (χ0v) is 9.42. The quantitative estimate of drug-likeness (QED) is 0.619. The third kappa shape index (κ3) is 4.81. The van der Waals surface area contributed by atoms with Crippen LogP contribution in [0.2, 0.25) is 0 Å². The van der Waals surface area contributed by atoms with Crippen LogP contribution < -0.4 is 5.73 Å². The van der Waals surface area contributed by atoms with Crippen molar-refractivity contribution in [1.82, 2.24) is 4.90 Å². The second-order valence-corrected chi connectivity index (χ2v) is 3.95. The fourth-order valence-corrected chi connectivity index (χ4v) is 1.71. The molecule has 1 rings (SSSR count). The average Bonchev–Trinajstić information content (AvgIpc) is 2.67. The van der Waals surface area contributed by atoms with Gasteiger partial charge in [-0.05, 0) is 12.8 Å². The highest BCUT2D eigenvalue weighted by Crippen LogP contribution is 2.16. The number of amides is 2. The van der Waals surface area contributed by atoms with Gasteiger partial charge < -0.3 is 20.5 Å². The largest absolute Gasteiger partial charge is 0.480 e. The number of ether oxygens (including phenoxy) is 1. The van der Waals surface area contributed by atoms with Crippen molar-refractivity contribution >= 4 is 17.8 Å². The van der Waals surface area contributed by atoms with Gasteiger partial charge in [-0.25, -0.2) is 0 Å². The first-order chi connectivity index (χ1) is 7.99. The van der Waals surface area contributed by atoms with Crippen LogP contribution in [0.1, 0.15) is 19.3 Å². The summed E-state index contributed by atoms with van der Waals surface area (Å²) in [6.45, 7) is -0.279. The molecule has 1 saturated heterocycles. The molecule has 0 bridgehead atoms. The molecule has 1 heterocycles. The molecule has 0 spiro atoms. The van der Waals surface area contributed by atoms with E-state index >= 15 is 0 Å². The number of carboxylic acids is 1. The third-order valence-electron chi connectivity index (χ3n) is 2.45. The van der Waals surface area contributed by atoms with Crippen LogP contribution in [-0.4, -0.2) is 53.6 Å². The summed E-state index contributed by atoms with van der Waals surface area (Å²) in [4.78, 5) is 34.0. The standard InChI is InChI=1S/C10H16N2O5/c11-8(13)5-12(6-10(15)16)9(14)4-7-2-1-3-17-7/h7H,1-6H2,(H2,11,13)(H,15,16). The van der Waals surface area contributed by atoms with Crippen molar-refractivity contribution in [2.45, 2.75) is 25.4 Å². The van der Waals surface area contributed by atoms with Crippen LogP contribution in [0, 0.1) is 0 Å². The lowest BCUT2D eigenvalue weighted by molar-refractivity contribution is -0.146. The van der Waals surface area contributed by atoms with Crippen molar-refractivity contribution in [2.24, 2.45) is 5.73 Å². The number of hydrogen-bond donors (Lipinski definition) is 2. The van der Waals surface area contributed by atoms with Gasteiger partial charge in [-0.15, -0.1) is 0 Å². The fourth-order valence-electron chi connectivity index (χ4n) is 1.71. The first-order valence-corrected chi connectivity index (χ1v) is 5.38. The van der Waals surface area contributed by atoms with Gasteiger partial charge in [-0.1, -0.05) is 0 Å². The molecule has 0 saturated carbocycles. The molecule has 17 heavy (non-hydrogen) atoms. The van der Waals surface area contributed by atoms with E-state index in [-0.39, 0.29) is 19.1 Å². The zero-order valence-electron chi connectivity index (χ0n) is 9.42. The van der Waals surface area contributed by atoms with Crippen LogP contribution in [0.15, 0.2) is 0 Å². The highest BCUT2D eigenvalue weighted by molar-refractivity contribution is 5.86. The number of carbonyl (C=O) groups excluding carboxylic acids is 2. The van der Waals surface area contributed by atoms with E-state index in [2.05, 4.69) is 0 Å². The van der Waals surface area contributed by atoms with Gasteiger partial charge in [0.25, 0.3) is 0 Å². The summed E-state index contributed by atoms with van der Waals surface area (Å²) >= 11 is 0. The minimum atomic E-state index is -1.17.